The molecule has 0 spiro atoms. The van der Waals surface area contributed by atoms with Crippen molar-refractivity contribution in [3.05, 3.63) is 136 Å². The third-order valence-corrected chi connectivity index (χ3v) is 9.25. The fourth-order valence-corrected chi connectivity index (χ4v) is 6.81. The van der Waals surface area contributed by atoms with Crippen molar-refractivity contribution in [2.45, 2.75) is 30.2 Å². The number of rotatable bonds is 6. The molecule has 1 heterocycles. The van der Waals surface area contributed by atoms with E-state index in [9.17, 15) is 22.0 Å². The molecule has 1 saturated carbocycles. The molecular formula is C33H26ClF2N3O3S. The van der Waals surface area contributed by atoms with E-state index < -0.39 is 27.8 Å². The van der Waals surface area contributed by atoms with Crippen LogP contribution in [0.5, 0.6) is 0 Å². The zero-order chi connectivity index (χ0) is 30.1. The van der Waals surface area contributed by atoms with Crippen LogP contribution in [0.15, 0.2) is 113 Å². The zero-order valence-electron chi connectivity index (χ0n) is 22.8. The molecule has 1 aliphatic carbocycles. The smallest absolute Gasteiger partial charge is 0.274 e. The number of nitrogens with one attached hydrogen (secondary N) is 1. The van der Waals surface area contributed by atoms with Gasteiger partial charge in [-0.1, -0.05) is 41.9 Å². The van der Waals surface area contributed by atoms with E-state index in [4.69, 9.17) is 16.7 Å². The second kappa shape index (κ2) is 11.7. The van der Waals surface area contributed by atoms with Crippen LogP contribution in [0.3, 0.4) is 0 Å². The highest BCUT2D eigenvalue weighted by atomic mass is 35.5. The summed E-state index contributed by atoms with van der Waals surface area (Å²) in [6.45, 7) is 0. The van der Waals surface area contributed by atoms with Gasteiger partial charge in [-0.3, -0.25) is 9.52 Å². The third-order valence-electron chi connectivity index (χ3n) is 7.62. The summed E-state index contributed by atoms with van der Waals surface area (Å²) in [6, 6.07) is 23.6. The minimum atomic E-state index is -4.02. The molecule has 1 N–H and O–H groups in total. The van der Waals surface area contributed by atoms with Gasteiger partial charge in [0.1, 0.15) is 11.6 Å². The molecule has 6 nitrogen and oxygen atoms in total. The van der Waals surface area contributed by atoms with Crippen LogP contribution in [0.4, 0.5) is 14.5 Å². The first-order chi connectivity index (χ1) is 20.7. The molecule has 1 fully saturated rings. The Morgan fingerprint density at radius 2 is 1.60 bits per heavy atom. The van der Waals surface area contributed by atoms with E-state index in [1.165, 1.54) is 47.5 Å². The average Bonchev–Trinajstić information content (AvgIpc) is 3.40. The van der Waals surface area contributed by atoms with Gasteiger partial charge >= 0.3 is 0 Å². The second-order valence-corrected chi connectivity index (χ2v) is 12.6. The highest BCUT2D eigenvalue weighted by Crippen LogP contribution is 2.45. The van der Waals surface area contributed by atoms with Gasteiger partial charge in [-0.25, -0.2) is 22.2 Å². The van der Waals surface area contributed by atoms with Crippen molar-refractivity contribution >= 4 is 45.0 Å². The van der Waals surface area contributed by atoms with Crippen LogP contribution in [-0.2, 0) is 10.0 Å². The molecule has 2 atom stereocenters. The lowest BCUT2D eigenvalue weighted by molar-refractivity contribution is 0.0680. The van der Waals surface area contributed by atoms with E-state index in [0.717, 1.165) is 41.7 Å². The summed E-state index contributed by atoms with van der Waals surface area (Å²) < 4.78 is 56.3. The quantitative estimate of drug-likeness (QED) is 0.239. The molecule has 2 aliphatic rings. The fourth-order valence-electron chi connectivity index (χ4n) is 5.58. The van der Waals surface area contributed by atoms with Crippen LogP contribution >= 0.6 is 11.6 Å². The van der Waals surface area contributed by atoms with Crippen LogP contribution in [-0.4, -0.2) is 25.0 Å². The second-order valence-electron chi connectivity index (χ2n) is 10.5. The molecule has 0 unspecified atom stereocenters. The van der Waals surface area contributed by atoms with Gasteiger partial charge in [0.15, 0.2) is 0 Å². The van der Waals surface area contributed by atoms with E-state index in [0.29, 0.717) is 10.7 Å². The first-order valence-corrected chi connectivity index (χ1v) is 15.6. The van der Waals surface area contributed by atoms with E-state index >= 15 is 0 Å². The monoisotopic (exact) mass is 617 g/mol. The normalized spacial score (nSPS) is 19.2. The Kier molecular flexibility index (Phi) is 7.85. The summed E-state index contributed by atoms with van der Waals surface area (Å²) in [6.07, 6.45) is 4.29. The summed E-state index contributed by atoms with van der Waals surface area (Å²) in [5.74, 6) is -1.37. The summed E-state index contributed by atoms with van der Waals surface area (Å²) in [4.78, 5) is 14.0. The number of hydrogen-bond donors (Lipinski definition) is 1. The molecule has 1 aliphatic heterocycles. The number of halogens is 3. The molecule has 4 aromatic rings. The van der Waals surface area contributed by atoms with Gasteiger partial charge in [0.25, 0.3) is 15.9 Å². The van der Waals surface area contributed by atoms with Gasteiger partial charge in [-0.2, -0.15) is 5.10 Å². The number of anilines is 1. The Balaban J connectivity index is 1.37. The van der Waals surface area contributed by atoms with Crippen molar-refractivity contribution < 1.29 is 22.0 Å². The third kappa shape index (κ3) is 6.09. The van der Waals surface area contributed by atoms with E-state index in [1.807, 2.05) is 6.08 Å². The predicted octanol–water partition coefficient (Wildman–Crippen LogP) is 7.86. The molecule has 6 rings (SSSR count). The van der Waals surface area contributed by atoms with Gasteiger partial charge in [-0.15, -0.1) is 0 Å². The predicted molar refractivity (Wildman–Crippen MR) is 163 cm³/mol. The highest BCUT2D eigenvalue weighted by Gasteiger charge is 2.44. The van der Waals surface area contributed by atoms with Crippen LogP contribution in [0.1, 0.15) is 46.8 Å². The molecule has 0 radical (unpaired) electrons. The SMILES string of the molecule is O=C(c1cccc(S(=O)(=O)Nc2ccc(Cl)cc2)c1)N1N=C2/C(=C/c3ccc(F)cc3)CCC[C@H]2[C@@H]1c1ccc(F)cc1. The van der Waals surface area contributed by atoms with E-state index in [1.54, 1.807) is 54.6 Å². The molecule has 10 heteroatoms. The number of fused-ring (bicyclic) bond motifs is 1. The maximum absolute atomic E-state index is 14.1. The van der Waals surface area contributed by atoms with Crippen LogP contribution in [0.25, 0.3) is 6.08 Å². The maximum atomic E-state index is 14.1. The fraction of sp³-hybridized carbons (Fsp3) is 0.152. The number of nitrogens with zero attached hydrogens (tertiary/aromatic N) is 2. The Morgan fingerprint density at radius 1 is 0.930 bits per heavy atom. The van der Waals surface area contributed by atoms with Crippen molar-refractivity contribution in [1.82, 2.24) is 5.01 Å². The summed E-state index contributed by atoms with van der Waals surface area (Å²) in [7, 11) is -4.02. The Bertz CT molecular complexity index is 1840. The van der Waals surface area contributed by atoms with Crippen LogP contribution in [0, 0.1) is 17.6 Å². The number of carbonyl (C=O) groups excluding carboxylic acids is 1. The first-order valence-electron chi connectivity index (χ1n) is 13.7. The van der Waals surface area contributed by atoms with Gasteiger partial charge in [0, 0.05) is 22.2 Å². The minimum absolute atomic E-state index is 0.0900. The lowest BCUT2D eigenvalue weighted by Gasteiger charge is -2.29. The number of carbonyl (C=O) groups is 1. The van der Waals surface area contributed by atoms with Crippen molar-refractivity contribution in [3.8, 4) is 0 Å². The Hall–Kier alpha value is -4.34. The maximum Gasteiger partial charge on any atom is 0.274 e. The number of amides is 1. The molecule has 218 valence electrons. The summed E-state index contributed by atoms with van der Waals surface area (Å²) in [5.41, 5.74) is 3.68. The molecule has 1 amide bonds. The number of sulfonamides is 1. The van der Waals surface area contributed by atoms with E-state index in [2.05, 4.69) is 4.72 Å². The molecule has 43 heavy (non-hydrogen) atoms. The van der Waals surface area contributed by atoms with Gasteiger partial charge in [0.05, 0.1) is 16.6 Å². The lowest BCUT2D eigenvalue weighted by Crippen LogP contribution is -2.32. The molecular weight excluding hydrogens is 592 g/mol. The number of benzene rings is 4. The average molecular weight is 618 g/mol. The zero-order valence-corrected chi connectivity index (χ0v) is 24.3. The van der Waals surface area contributed by atoms with Crippen LogP contribution < -0.4 is 4.72 Å². The standard InChI is InChI=1S/C33H26ClF2N3O3S/c34-25-11-17-28(18-12-25)38-43(41,42)29-5-1-4-24(20-29)33(40)39-32(22-9-15-27(36)16-10-22)30-6-2-3-23(31(30)37-39)19-21-7-13-26(35)14-8-21/h1,4-5,7-20,30,32,38H,2-3,6H2/b23-19+/t30-,32+/m1/s1. The van der Waals surface area contributed by atoms with Crippen molar-refractivity contribution in [2.24, 2.45) is 11.0 Å². The molecule has 0 saturated heterocycles. The van der Waals surface area contributed by atoms with Crippen LogP contribution in [0.2, 0.25) is 5.02 Å². The van der Waals surface area contributed by atoms with Crippen molar-refractivity contribution in [2.75, 3.05) is 4.72 Å². The van der Waals surface area contributed by atoms with Crippen molar-refractivity contribution in [1.29, 1.82) is 0 Å². The Morgan fingerprint density at radius 3 is 2.30 bits per heavy atom. The molecule has 4 aromatic carbocycles. The van der Waals surface area contributed by atoms with Gasteiger partial charge < -0.3 is 0 Å². The number of hydrazone groups is 1. The topological polar surface area (TPSA) is 78.8 Å². The Labute approximate surface area is 253 Å². The summed E-state index contributed by atoms with van der Waals surface area (Å²) in [5, 5.41) is 6.67. The largest absolute Gasteiger partial charge is 0.280 e. The molecule has 0 bridgehead atoms. The van der Waals surface area contributed by atoms with Gasteiger partial charge in [0.2, 0.25) is 0 Å². The minimum Gasteiger partial charge on any atom is -0.280 e. The molecule has 0 aromatic heterocycles. The number of allylic oxidation sites excluding steroid dienone is 1. The van der Waals surface area contributed by atoms with Gasteiger partial charge in [-0.05, 0) is 109 Å². The first kappa shape index (κ1) is 28.8. The van der Waals surface area contributed by atoms with E-state index in [-0.39, 0.29) is 22.2 Å². The summed E-state index contributed by atoms with van der Waals surface area (Å²) >= 11 is 5.92. The highest BCUT2D eigenvalue weighted by molar-refractivity contribution is 7.92. The number of hydrogen-bond acceptors (Lipinski definition) is 4. The van der Waals surface area contributed by atoms with Crippen molar-refractivity contribution in [3.63, 3.8) is 0 Å². The lowest BCUT2D eigenvalue weighted by atomic mass is 9.77.